The highest BCUT2D eigenvalue weighted by molar-refractivity contribution is 6.05. The van der Waals surface area contributed by atoms with Crippen molar-refractivity contribution >= 4 is 11.6 Å². The number of rotatable bonds is 5. The second kappa shape index (κ2) is 6.48. The van der Waals surface area contributed by atoms with Crippen LogP contribution >= 0.6 is 0 Å². The number of hydrogen-bond acceptors (Lipinski definition) is 3. The van der Waals surface area contributed by atoms with Gasteiger partial charge < -0.3 is 5.32 Å². The summed E-state index contributed by atoms with van der Waals surface area (Å²) in [5.74, 6) is -0.124. The zero-order valence-corrected chi connectivity index (χ0v) is 13.2. The molecule has 2 heterocycles. The van der Waals surface area contributed by atoms with Gasteiger partial charge in [-0.05, 0) is 25.5 Å². The molecule has 0 aliphatic carbocycles. The first-order valence-corrected chi connectivity index (χ1v) is 7.56. The van der Waals surface area contributed by atoms with E-state index in [0.717, 1.165) is 17.7 Å². The van der Waals surface area contributed by atoms with Crippen molar-refractivity contribution in [1.29, 1.82) is 0 Å². The number of amides is 1. The molecule has 0 atom stereocenters. The van der Waals surface area contributed by atoms with E-state index in [1.54, 1.807) is 10.9 Å². The third kappa shape index (κ3) is 3.48. The van der Waals surface area contributed by atoms with Crippen molar-refractivity contribution in [2.24, 2.45) is 0 Å². The predicted octanol–water partition coefficient (Wildman–Crippen LogP) is 2.71. The molecule has 23 heavy (non-hydrogen) atoms. The molecule has 0 aliphatic heterocycles. The Morgan fingerprint density at radius 1 is 1.13 bits per heavy atom. The Morgan fingerprint density at radius 3 is 2.65 bits per heavy atom. The Kier molecular flexibility index (Phi) is 4.23. The first kappa shape index (κ1) is 15.0. The molecule has 6 nitrogen and oxygen atoms in total. The fraction of sp³-hybridized carbons (Fsp3) is 0.235. The summed E-state index contributed by atoms with van der Waals surface area (Å²) in [6.07, 6.45) is 7.30. The molecule has 0 saturated carbocycles. The number of aromatic nitrogens is 4. The van der Waals surface area contributed by atoms with Crippen LogP contribution in [0.3, 0.4) is 0 Å². The van der Waals surface area contributed by atoms with E-state index in [-0.39, 0.29) is 5.91 Å². The standard InChI is InChI=1S/C17H19N5O/c1-3-21-10-14(8-18-21)11-22-12-15(9-19-22)20-17(23)16-7-5-4-6-13(16)2/h4-10,12H,3,11H2,1-2H3,(H,20,23). The molecule has 0 spiro atoms. The van der Waals surface area contributed by atoms with Crippen LogP contribution in [0.1, 0.15) is 28.4 Å². The van der Waals surface area contributed by atoms with Crippen molar-refractivity contribution in [2.45, 2.75) is 26.9 Å². The first-order chi connectivity index (χ1) is 11.2. The first-order valence-electron chi connectivity index (χ1n) is 7.56. The minimum atomic E-state index is -0.124. The van der Waals surface area contributed by atoms with Crippen LogP contribution in [0.2, 0.25) is 0 Å². The van der Waals surface area contributed by atoms with Gasteiger partial charge in [0.1, 0.15) is 0 Å². The van der Waals surface area contributed by atoms with E-state index in [2.05, 4.69) is 15.5 Å². The molecule has 0 bridgehead atoms. The summed E-state index contributed by atoms with van der Waals surface area (Å²) >= 11 is 0. The van der Waals surface area contributed by atoms with E-state index in [4.69, 9.17) is 0 Å². The minimum Gasteiger partial charge on any atom is -0.319 e. The lowest BCUT2D eigenvalue weighted by Crippen LogP contribution is -2.12. The molecule has 1 aromatic carbocycles. The van der Waals surface area contributed by atoms with Crippen LogP contribution in [-0.4, -0.2) is 25.5 Å². The number of hydrogen-bond donors (Lipinski definition) is 1. The maximum Gasteiger partial charge on any atom is 0.256 e. The van der Waals surface area contributed by atoms with Gasteiger partial charge in [0.05, 0.1) is 24.6 Å². The van der Waals surface area contributed by atoms with Gasteiger partial charge >= 0.3 is 0 Å². The van der Waals surface area contributed by atoms with E-state index >= 15 is 0 Å². The van der Waals surface area contributed by atoms with Gasteiger partial charge in [-0.2, -0.15) is 10.2 Å². The summed E-state index contributed by atoms with van der Waals surface area (Å²) in [6.45, 7) is 5.44. The summed E-state index contributed by atoms with van der Waals surface area (Å²) in [5, 5.41) is 11.4. The molecule has 0 unspecified atom stereocenters. The highest BCUT2D eigenvalue weighted by Crippen LogP contribution is 2.12. The fourth-order valence-corrected chi connectivity index (χ4v) is 2.39. The summed E-state index contributed by atoms with van der Waals surface area (Å²) < 4.78 is 3.66. The fourth-order valence-electron chi connectivity index (χ4n) is 2.39. The zero-order chi connectivity index (χ0) is 16.2. The van der Waals surface area contributed by atoms with E-state index in [1.165, 1.54) is 0 Å². The lowest BCUT2D eigenvalue weighted by molar-refractivity contribution is 0.102. The van der Waals surface area contributed by atoms with Gasteiger partial charge in [-0.3, -0.25) is 14.2 Å². The van der Waals surface area contributed by atoms with Crippen LogP contribution in [0.25, 0.3) is 0 Å². The number of benzene rings is 1. The van der Waals surface area contributed by atoms with Gasteiger partial charge in [0.2, 0.25) is 0 Å². The summed E-state index contributed by atoms with van der Waals surface area (Å²) in [6, 6.07) is 7.51. The molecule has 1 N–H and O–H groups in total. The van der Waals surface area contributed by atoms with E-state index < -0.39 is 0 Å². The maximum atomic E-state index is 12.3. The normalized spacial score (nSPS) is 10.7. The topological polar surface area (TPSA) is 64.7 Å². The molecule has 0 radical (unpaired) electrons. The Bertz CT molecular complexity index is 818. The van der Waals surface area contributed by atoms with Gasteiger partial charge in [-0.1, -0.05) is 18.2 Å². The maximum absolute atomic E-state index is 12.3. The molecular weight excluding hydrogens is 290 g/mol. The average molecular weight is 309 g/mol. The second-order valence-corrected chi connectivity index (χ2v) is 5.40. The van der Waals surface area contributed by atoms with Gasteiger partial charge in [0, 0.05) is 30.1 Å². The molecule has 1 amide bonds. The van der Waals surface area contributed by atoms with Gasteiger partial charge in [0.15, 0.2) is 0 Å². The Hall–Kier alpha value is -2.89. The second-order valence-electron chi connectivity index (χ2n) is 5.40. The summed E-state index contributed by atoms with van der Waals surface area (Å²) in [4.78, 5) is 12.3. The quantitative estimate of drug-likeness (QED) is 0.788. The molecule has 0 aliphatic rings. The third-order valence-corrected chi connectivity index (χ3v) is 3.64. The number of carbonyl (C=O) groups excluding carboxylic acids is 1. The number of nitrogens with one attached hydrogen (secondary N) is 1. The van der Waals surface area contributed by atoms with Crippen LogP contribution < -0.4 is 5.32 Å². The van der Waals surface area contributed by atoms with Crippen LogP contribution in [-0.2, 0) is 13.1 Å². The summed E-state index contributed by atoms with van der Waals surface area (Å²) in [5.41, 5.74) is 3.38. The molecule has 2 aromatic heterocycles. The molecule has 3 rings (SSSR count). The monoisotopic (exact) mass is 309 g/mol. The molecule has 6 heteroatoms. The number of nitrogens with zero attached hydrogens (tertiary/aromatic N) is 4. The van der Waals surface area contributed by atoms with Crippen molar-refractivity contribution in [3.8, 4) is 0 Å². The number of anilines is 1. The van der Waals surface area contributed by atoms with Crippen molar-refractivity contribution in [2.75, 3.05) is 5.32 Å². The number of aryl methyl sites for hydroxylation is 2. The third-order valence-electron chi connectivity index (χ3n) is 3.64. The number of carbonyl (C=O) groups is 1. The molecular formula is C17H19N5O. The van der Waals surface area contributed by atoms with Gasteiger partial charge in [-0.25, -0.2) is 0 Å². The Morgan fingerprint density at radius 2 is 1.91 bits per heavy atom. The smallest absolute Gasteiger partial charge is 0.256 e. The molecule has 3 aromatic rings. The van der Waals surface area contributed by atoms with Crippen molar-refractivity contribution in [3.05, 3.63) is 65.7 Å². The summed E-state index contributed by atoms with van der Waals surface area (Å²) in [7, 11) is 0. The van der Waals surface area contributed by atoms with Gasteiger partial charge in [-0.15, -0.1) is 0 Å². The van der Waals surface area contributed by atoms with Crippen LogP contribution in [0.15, 0.2) is 49.1 Å². The molecule has 118 valence electrons. The zero-order valence-electron chi connectivity index (χ0n) is 13.2. The molecule has 0 saturated heterocycles. The van der Waals surface area contributed by atoms with Crippen molar-refractivity contribution in [3.63, 3.8) is 0 Å². The van der Waals surface area contributed by atoms with E-state index in [0.29, 0.717) is 17.8 Å². The van der Waals surface area contributed by atoms with Crippen LogP contribution in [0.5, 0.6) is 0 Å². The van der Waals surface area contributed by atoms with Gasteiger partial charge in [0.25, 0.3) is 5.91 Å². The largest absolute Gasteiger partial charge is 0.319 e. The predicted molar refractivity (Wildman–Crippen MR) is 88.4 cm³/mol. The average Bonchev–Trinajstić information content (AvgIpc) is 3.17. The van der Waals surface area contributed by atoms with E-state index in [1.807, 2.05) is 61.4 Å². The van der Waals surface area contributed by atoms with Crippen LogP contribution in [0, 0.1) is 6.92 Å². The highest BCUT2D eigenvalue weighted by Gasteiger charge is 2.10. The van der Waals surface area contributed by atoms with Crippen molar-refractivity contribution < 1.29 is 4.79 Å². The minimum absolute atomic E-state index is 0.124. The Balaban J connectivity index is 1.67. The lowest BCUT2D eigenvalue weighted by atomic mass is 10.1. The lowest BCUT2D eigenvalue weighted by Gasteiger charge is -2.05. The Labute approximate surface area is 134 Å². The van der Waals surface area contributed by atoms with Crippen molar-refractivity contribution in [1.82, 2.24) is 19.6 Å². The highest BCUT2D eigenvalue weighted by atomic mass is 16.1. The van der Waals surface area contributed by atoms with E-state index in [9.17, 15) is 4.79 Å². The SMILES string of the molecule is CCn1cc(Cn2cc(NC(=O)c3ccccc3C)cn2)cn1. The van der Waals surface area contributed by atoms with Crippen LogP contribution in [0.4, 0.5) is 5.69 Å². The molecule has 0 fully saturated rings.